The maximum absolute atomic E-state index is 11.4. The Bertz CT molecular complexity index is 239. The van der Waals surface area contributed by atoms with E-state index < -0.39 is 16.5 Å². The van der Waals surface area contributed by atoms with Crippen LogP contribution in [0.3, 0.4) is 0 Å². The summed E-state index contributed by atoms with van der Waals surface area (Å²) >= 11 is 0. The molecular weight excluding hydrogens is 196 g/mol. The van der Waals surface area contributed by atoms with Crippen molar-refractivity contribution in [1.82, 2.24) is 4.72 Å². The smallest absolute Gasteiger partial charge is 0.117 e. The second-order valence-corrected chi connectivity index (χ2v) is 5.32. The first-order valence-electron chi connectivity index (χ1n) is 5.30. The van der Waals surface area contributed by atoms with Crippen LogP contribution in [0.15, 0.2) is 0 Å². The van der Waals surface area contributed by atoms with Gasteiger partial charge in [0.2, 0.25) is 0 Å². The number of nitrogens with one attached hydrogen (secondary N) is 1. The molecule has 3 nitrogen and oxygen atoms in total. The molecule has 1 saturated carbocycles. The van der Waals surface area contributed by atoms with Gasteiger partial charge < -0.3 is 0 Å². The van der Waals surface area contributed by atoms with E-state index in [2.05, 4.69) is 10.8 Å². The van der Waals surface area contributed by atoms with Gasteiger partial charge in [-0.05, 0) is 12.8 Å². The van der Waals surface area contributed by atoms with E-state index in [1.165, 1.54) is 12.8 Å². The number of hydrogen-bond acceptors (Lipinski definition) is 2. The summed E-state index contributed by atoms with van der Waals surface area (Å²) in [6.07, 6.45) is 6.22. The van der Waals surface area contributed by atoms with Gasteiger partial charge in [0.05, 0.1) is 17.1 Å². The van der Waals surface area contributed by atoms with Crippen molar-refractivity contribution in [3.05, 3.63) is 0 Å². The first-order valence-corrected chi connectivity index (χ1v) is 6.62. The first kappa shape index (κ1) is 11.7. The summed E-state index contributed by atoms with van der Waals surface area (Å²) in [7, 11) is -1.04. The van der Waals surface area contributed by atoms with Gasteiger partial charge in [0.15, 0.2) is 0 Å². The molecule has 1 aliphatic carbocycles. The van der Waals surface area contributed by atoms with Crippen molar-refractivity contribution in [2.45, 2.75) is 51.0 Å². The predicted octanol–water partition coefficient (Wildman–Crippen LogP) is 1.88. The summed E-state index contributed by atoms with van der Waals surface area (Å²) < 4.78 is 14.4. The van der Waals surface area contributed by atoms with Crippen LogP contribution in [0.4, 0.5) is 0 Å². The highest BCUT2D eigenvalue weighted by Crippen LogP contribution is 2.26. The van der Waals surface area contributed by atoms with Crippen LogP contribution >= 0.6 is 0 Å². The topological polar surface area (TPSA) is 52.9 Å². The average Bonchev–Trinajstić information content (AvgIpc) is 2.44. The molecule has 1 N–H and O–H groups in total. The van der Waals surface area contributed by atoms with E-state index >= 15 is 0 Å². The van der Waals surface area contributed by atoms with Crippen LogP contribution in [0.5, 0.6) is 0 Å². The van der Waals surface area contributed by atoms with Gasteiger partial charge in [-0.1, -0.05) is 32.6 Å². The second kappa shape index (κ2) is 5.47. The molecule has 1 atom stereocenters. The van der Waals surface area contributed by atoms with Crippen molar-refractivity contribution in [1.29, 1.82) is 5.26 Å². The monoisotopic (exact) mass is 214 g/mol. The van der Waals surface area contributed by atoms with E-state index in [4.69, 9.17) is 5.26 Å². The van der Waals surface area contributed by atoms with E-state index in [0.717, 1.165) is 25.7 Å². The third-order valence-corrected chi connectivity index (χ3v) is 3.89. The molecule has 0 heterocycles. The molecule has 0 radical (unpaired) electrons. The van der Waals surface area contributed by atoms with Crippen molar-refractivity contribution in [2.24, 2.45) is 0 Å². The molecule has 0 aromatic carbocycles. The van der Waals surface area contributed by atoms with Crippen molar-refractivity contribution in [3.8, 4) is 6.07 Å². The van der Waals surface area contributed by atoms with Gasteiger partial charge in [0.1, 0.15) is 5.54 Å². The molecule has 0 aromatic heterocycles. The molecule has 80 valence electrons. The Morgan fingerprint density at radius 2 is 1.93 bits per heavy atom. The van der Waals surface area contributed by atoms with Crippen LogP contribution in [0.1, 0.15) is 45.4 Å². The van der Waals surface area contributed by atoms with Gasteiger partial charge >= 0.3 is 0 Å². The predicted molar refractivity (Wildman–Crippen MR) is 57.9 cm³/mol. The molecule has 0 aromatic rings. The number of nitrogens with zero attached hydrogens (tertiary/aromatic N) is 1. The quantitative estimate of drug-likeness (QED) is 0.729. The van der Waals surface area contributed by atoms with E-state index in [9.17, 15) is 4.21 Å². The lowest BCUT2D eigenvalue weighted by Gasteiger charge is -2.25. The molecule has 0 aliphatic heterocycles. The zero-order valence-corrected chi connectivity index (χ0v) is 9.53. The lowest BCUT2D eigenvalue weighted by molar-refractivity contribution is 0.434. The van der Waals surface area contributed by atoms with Gasteiger partial charge in [0.25, 0.3) is 0 Å². The minimum Gasteiger partial charge on any atom is -0.243 e. The van der Waals surface area contributed by atoms with Crippen LogP contribution in [0, 0.1) is 11.3 Å². The molecule has 1 rings (SSSR count). The van der Waals surface area contributed by atoms with Crippen LogP contribution in [0.2, 0.25) is 0 Å². The molecule has 14 heavy (non-hydrogen) atoms. The average molecular weight is 214 g/mol. The fourth-order valence-electron chi connectivity index (χ4n) is 1.86. The largest absolute Gasteiger partial charge is 0.243 e. The lowest BCUT2D eigenvalue weighted by atomic mass is 9.94. The SMILES string of the molecule is CCS(=O)NC1(C#N)CCCCCC1. The molecule has 0 amide bonds. The van der Waals surface area contributed by atoms with Crippen molar-refractivity contribution in [3.63, 3.8) is 0 Å². The second-order valence-electron chi connectivity index (χ2n) is 3.84. The molecule has 1 aliphatic rings. The zero-order valence-electron chi connectivity index (χ0n) is 8.71. The molecule has 1 unspecified atom stereocenters. The molecule has 0 bridgehead atoms. The maximum atomic E-state index is 11.4. The first-order chi connectivity index (χ1) is 6.72. The fraction of sp³-hybridized carbons (Fsp3) is 0.900. The number of rotatable bonds is 3. The summed E-state index contributed by atoms with van der Waals surface area (Å²) in [6, 6.07) is 2.32. The summed E-state index contributed by atoms with van der Waals surface area (Å²) in [5.74, 6) is 0.573. The van der Waals surface area contributed by atoms with E-state index in [0.29, 0.717) is 5.75 Å². The van der Waals surface area contributed by atoms with Crippen LogP contribution < -0.4 is 4.72 Å². The highest BCUT2D eigenvalue weighted by Gasteiger charge is 2.31. The van der Waals surface area contributed by atoms with Gasteiger partial charge in [-0.15, -0.1) is 0 Å². The van der Waals surface area contributed by atoms with Crippen LogP contribution in [0.25, 0.3) is 0 Å². The zero-order chi connectivity index (χ0) is 10.4. The minimum absolute atomic E-state index is 0.516. The highest BCUT2D eigenvalue weighted by atomic mass is 32.2. The summed E-state index contributed by atoms with van der Waals surface area (Å²) in [6.45, 7) is 1.87. The maximum Gasteiger partial charge on any atom is 0.117 e. The van der Waals surface area contributed by atoms with Crippen molar-refractivity contribution in [2.75, 3.05) is 5.75 Å². The summed E-state index contributed by atoms with van der Waals surface area (Å²) in [4.78, 5) is 0. The molecular formula is C10H18N2OS. The van der Waals surface area contributed by atoms with E-state index in [1.54, 1.807) is 0 Å². The highest BCUT2D eigenvalue weighted by molar-refractivity contribution is 7.83. The van der Waals surface area contributed by atoms with Gasteiger partial charge in [0, 0.05) is 5.75 Å². The molecule has 0 saturated heterocycles. The van der Waals surface area contributed by atoms with Gasteiger partial charge in [-0.2, -0.15) is 5.26 Å². The van der Waals surface area contributed by atoms with Gasteiger partial charge in [-0.3, -0.25) is 0 Å². The Kier molecular flexibility index (Phi) is 4.56. The van der Waals surface area contributed by atoms with E-state index in [-0.39, 0.29) is 0 Å². The summed E-state index contributed by atoms with van der Waals surface area (Å²) in [5, 5.41) is 9.16. The summed E-state index contributed by atoms with van der Waals surface area (Å²) in [5.41, 5.74) is -0.516. The molecule has 1 fully saturated rings. The molecule has 0 spiro atoms. The van der Waals surface area contributed by atoms with E-state index in [1.807, 2.05) is 6.92 Å². The minimum atomic E-state index is -1.04. The standard InChI is InChI=1S/C10H18N2OS/c1-2-14(13)12-10(9-11)7-5-3-4-6-8-10/h12H,2-8H2,1H3. The Labute approximate surface area is 88.5 Å². The van der Waals surface area contributed by atoms with Crippen LogP contribution in [-0.2, 0) is 11.0 Å². The third kappa shape index (κ3) is 3.07. The lowest BCUT2D eigenvalue weighted by Crippen LogP contribution is -2.44. The number of hydrogen-bond donors (Lipinski definition) is 1. The Morgan fingerprint density at radius 1 is 1.36 bits per heavy atom. The molecule has 4 heteroatoms. The van der Waals surface area contributed by atoms with Crippen molar-refractivity contribution >= 4 is 11.0 Å². The van der Waals surface area contributed by atoms with Crippen LogP contribution in [-0.4, -0.2) is 15.5 Å². The van der Waals surface area contributed by atoms with Crippen molar-refractivity contribution < 1.29 is 4.21 Å². The number of nitriles is 1. The normalized spacial score (nSPS) is 23.4. The third-order valence-electron chi connectivity index (χ3n) is 2.74. The Balaban J connectivity index is 2.64. The Morgan fingerprint density at radius 3 is 2.36 bits per heavy atom. The Hall–Kier alpha value is -0.400. The fourth-order valence-corrected chi connectivity index (χ4v) is 2.69. The van der Waals surface area contributed by atoms with Gasteiger partial charge in [-0.25, -0.2) is 8.93 Å².